The predicted octanol–water partition coefficient (Wildman–Crippen LogP) is 2.37. The normalized spacial score (nSPS) is 12.0. The van der Waals surface area contributed by atoms with E-state index in [1.54, 1.807) is 30.3 Å². The first-order chi connectivity index (χ1) is 13.7. The van der Waals surface area contributed by atoms with E-state index in [4.69, 9.17) is 0 Å². The van der Waals surface area contributed by atoms with Gasteiger partial charge in [-0.25, -0.2) is 0 Å². The van der Waals surface area contributed by atoms with Gasteiger partial charge in [0.15, 0.2) is 0 Å². The second-order valence-electron chi connectivity index (χ2n) is 6.18. The third-order valence-electron chi connectivity index (χ3n) is 3.96. The maximum absolute atomic E-state index is 12.5. The first kappa shape index (κ1) is 21.9. The molecule has 0 aromatic heterocycles. The monoisotopic (exact) mass is 407 g/mol. The highest BCUT2D eigenvalue weighted by Gasteiger charge is 2.30. The lowest BCUT2D eigenvalue weighted by Crippen LogP contribution is -2.46. The molecule has 0 spiro atoms. The molecular weight excluding hydrogens is 387 g/mol. The zero-order valence-corrected chi connectivity index (χ0v) is 15.5. The molecule has 0 saturated heterocycles. The van der Waals surface area contributed by atoms with E-state index in [0.29, 0.717) is 5.56 Å². The van der Waals surface area contributed by atoms with Crippen molar-refractivity contribution < 1.29 is 27.6 Å². The second-order valence-corrected chi connectivity index (χ2v) is 6.18. The van der Waals surface area contributed by atoms with Crippen molar-refractivity contribution in [1.29, 1.82) is 0 Å². The Morgan fingerprint density at radius 1 is 0.828 bits per heavy atom. The standard InChI is InChI=1S/C20H20F3N3O3/c1-13(26-19(29)14-5-3-2-4-6-14)17(27)24-11-12-25-18(28)15-7-9-16(10-8-15)20(21,22)23/h2-10,13H,11-12H2,1H3,(H,24,27)(H,25,28)(H,26,29). The van der Waals surface area contributed by atoms with Crippen LogP contribution in [0, 0.1) is 0 Å². The summed E-state index contributed by atoms with van der Waals surface area (Å²) in [6, 6.07) is 11.5. The molecule has 0 saturated carbocycles. The Kier molecular flexibility index (Phi) is 7.35. The van der Waals surface area contributed by atoms with E-state index < -0.39 is 29.6 Å². The number of halogens is 3. The van der Waals surface area contributed by atoms with Crippen LogP contribution in [-0.4, -0.2) is 36.9 Å². The molecule has 2 aromatic rings. The number of nitrogens with one attached hydrogen (secondary N) is 3. The van der Waals surface area contributed by atoms with Gasteiger partial charge >= 0.3 is 6.18 Å². The average Bonchev–Trinajstić information content (AvgIpc) is 2.70. The lowest BCUT2D eigenvalue weighted by atomic mass is 10.1. The molecule has 1 atom stereocenters. The van der Waals surface area contributed by atoms with Gasteiger partial charge in [0.25, 0.3) is 11.8 Å². The van der Waals surface area contributed by atoms with Crippen molar-refractivity contribution in [2.75, 3.05) is 13.1 Å². The molecule has 0 aliphatic heterocycles. The van der Waals surface area contributed by atoms with Crippen LogP contribution in [-0.2, 0) is 11.0 Å². The molecule has 0 heterocycles. The van der Waals surface area contributed by atoms with Gasteiger partial charge in [-0.05, 0) is 43.3 Å². The molecule has 6 nitrogen and oxygen atoms in total. The summed E-state index contributed by atoms with van der Waals surface area (Å²) in [5.41, 5.74) is -0.336. The van der Waals surface area contributed by atoms with Gasteiger partial charge in [0.2, 0.25) is 5.91 Å². The van der Waals surface area contributed by atoms with Crippen LogP contribution in [0.15, 0.2) is 54.6 Å². The third kappa shape index (κ3) is 6.63. The van der Waals surface area contributed by atoms with Gasteiger partial charge in [0, 0.05) is 24.2 Å². The third-order valence-corrected chi connectivity index (χ3v) is 3.96. The predicted molar refractivity (Wildman–Crippen MR) is 100 cm³/mol. The summed E-state index contributed by atoms with van der Waals surface area (Å²) in [6.45, 7) is 1.69. The molecule has 0 radical (unpaired) electrons. The second kappa shape index (κ2) is 9.72. The molecule has 0 fully saturated rings. The minimum atomic E-state index is -4.47. The number of carbonyl (C=O) groups excluding carboxylic acids is 3. The molecule has 3 amide bonds. The van der Waals surface area contributed by atoms with Gasteiger partial charge in [-0.15, -0.1) is 0 Å². The molecule has 9 heteroatoms. The average molecular weight is 407 g/mol. The van der Waals surface area contributed by atoms with E-state index >= 15 is 0 Å². The minimum Gasteiger partial charge on any atom is -0.353 e. The van der Waals surface area contributed by atoms with Crippen LogP contribution >= 0.6 is 0 Å². The highest BCUT2D eigenvalue weighted by Crippen LogP contribution is 2.29. The number of carbonyl (C=O) groups is 3. The van der Waals surface area contributed by atoms with Crippen LogP contribution in [0.25, 0.3) is 0 Å². The van der Waals surface area contributed by atoms with Gasteiger partial charge in [-0.2, -0.15) is 13.2 Å². The maximum Gasteiger partial charge on any atom is 0.416 e. The number of benzene rings is 2. The topological polar surface area (TPSA) is 87.3 Å². The fourth-order valence-electron chi connectivity index (χ4n) is 2.36. The Morgan fingerprint density at radius 2 is 1.38 bits per heavy atom. The van der Waals surface area contributed by atoms with Crippen molar-refractivity contribution in [1.82, 2.24) is 16.0 Å². The van der Waals surface area contributed by atoms with Crippen LogP contribution in [0.1, 0.15) is 33.2 Å². The smallest absolute Gasteiger partial charge is 0.353 e. The summed E-state index contributed by atoms with van der Waals surface area (Å²) in [5.74, 6) is -1.37. The molecule has 3 N–H and O–H groups in total. The number of rotatable bonds is 7. The lowest BCUT2D eigenvalue weighted by Gasteiger charge is -2.14. The Labute approximate surface area is 165 Å². The molecular formula is C20H20F3N3O3. The first-order valence-corrected chi connectivity index (χ1v) is 8.77. The van der Waals surface area contributed by atoms with E-state index in [1.807, 2.05) is 0 Å². The number of alkyl halides is 3. The zero-order valence-electron chi connectivity index (χ0n) is 15.5. The van der Waals surface area contributed by atoms with Gasteiger partial charge in [-0.3, -0.25) is 14.4 Å². The van der Waals surface area contributed by atoms with Crippen LogP contribution in [0.3, 0.4) is 0 Å². The van der Waals surface area contributed by atoms with Gasteiger partial charge < -0.3 is 16.0 Å². The fourth-order valence-corrected chi connectivity index (χ4v) is 2.36. The van der Waals surface area contributed by atoms with Gasteiger partial charge in [-0.1, -0.05) is 18.2 Å². The van der Waals surface area contributed by atoms with E-state index in [2.05, 4.69) is 16.0 Å². The zero-order chi connectivity index (χ0) is 21.4. The summed E-state index contributed by atoms with van der Waals surface area (Å²) < 4.78 is 37.6. The molecule has 1 unspecified atom stereocenters. The van der Waals surface area contributed by atoms with E-state index in [-0.39, 0.29) is 24.6 Å². The van der Waals surface area contributed by atoms with Crippen molar-refractivity contribution in [2.45, 2.75) is 19.1 Å². The summed E-state index contributed by atoms with van der Waals surface area (Å²) in [5, 5.41) is 7.61. The number of hydrogen-bond donors (Lipinski definition) is 3. The first-order valence-electron chi connectivity index (χ1n) is 8.77. The minimum absolute atomic E-state index is 0.0744. The summed E-state index contributed by atoms with van der Waals surface area (Å²) in [6.07, 6.45) is -4.47. The van der Waals surface area contributed by atoms with Crippen LogP contribution in [0.2, 0.25) is 0 Å². The van der Waals surface area contributed by atoms with Crippen molar-refractivity contribution >= 4 is 17.7 Å². The highest BCUT2D eigenvalue weighted by molar-refractivity contribution is 5.97. The summed E-state index contributed by atoms with van der Waals surface area (Å²) >= 11 is 0. The Hall–Kier alpha value is -3.36. The number of hydrogen-bond acceptors (Lipinski definition) is 3. The van der Waals surface area contributed by atoms with Crippen LogP contribution < -0.4 is 16.0 Å². The van der Waals surface area contributed by atoms with E-state index in [9.17, 15) is 27.6 Å². The molecule has 2 aromatic carbocycles. The Bertz CT molecular complexity index is 853. The molecule has 0 aliphatic carbocycles. The SMILES string of the molecule is CC(NC(=O)c1ccccc1)C(=O)NCCNC(=O)c1ccc(C(F)(F)F)cc1. The molecule has 2 rings (SSSR count). The van der Waals surface area contributed by atoms with Crippen molar-refractivity contribution in [3.05, 3.63) is 71.3 Å². The molecule has 154 valence electrons. The van der Waals surface area contributed by atoms with E-state index in [0.717, 1.165) is 24.3 Å². The van der Waals surface area contributed by atoms with Crippen molar-refractivity contribution in [2.24, 2.45) is 0 Å². The number of amides is 3. The highest BCUT2D eigenvalue weighted by atomic mass is 19.4. The largest absolute Gasteiger partial charge is 0.416 e. The van der Waals surface area contributed by atoms with Crippen LogP contribution in [0.5, 0.6) is 0 Å². The Morgan fingerprint density at radius 3 is 1.97 bits per heavy atom. The molecule has 29 heavy (non-hydrogen) atoms. The summed E-state index contributed by atoms with van der Waals surface area (Å²) in [4.78, 5) is 35.9. The van der Waals surface area contributed by atoms with E-state index in [1.165, 1.54) is 6.92 Å². The quantitative estimate of drug-likeness (QED) is 0.616. The molecule has 0 aliphatic rings. The molecule has 0 bridgehead atoms. The van der Waals surface area contributed by atoms with Crippen LogP contribution in [0.4, 0.5) is 13.2 Å². The lowest BCUT2D eigenvalue weighted by molar-refractivity contribution is -0.137. The Balaban J connectivity index is 1.73. The van der Waals surface area contributed by atoms with Gasteiger partial charge in [0.1, 0.15) is 6.04 Å². The van der Waals surface area contributed by atoms with Gasteiger partial charge in [0.05, 0.1) is 5.56 Å². The fraction of sp³-hybridized carbons (Fsp3) is 0.250. The summed E-state index contributed by atoms with van der Waals surface area (Å²) in [7, 11) is 0. The van der Waals surface area contributed by atoms with Crippen molar-refractivity contribution in [3.8, 4) is 0 Å². The van der Waals surface area contributed by atoms with Crippen molar-refractivity contribution in [3.63, 3.8) is 0 Å². The maximum atomic E-state index is 12.5.